The number of anilines is 1. The Hall–Kier alpha value is -3.50. The fraction of sp³-hybridized carbons (Fsp3) is 0.407. The van der Waals surface area contributed by atoms with E-state index in [1.54, 1.807) is 0 Å². The van der Waals surface area contributed by atoms with Gasteiger partial charge in [-0.15, -0.1) is 0 Å². The number of piperazine rings is 1. The highest BCUT2D eigenvalue weighted by Crippen LogP contribution is 2.46. The van der Waals surface area contributed by atoms with Crippen LogP contribution < -0.4 is 4.90 Å². The van der Waals surface area contributed by atoms with E-state index in [0.29, 0.717) is 36.9 Å². The van der Waals surface area contributed by atoms with Crippen LogP contribution in [0.1, 0.15) is 49.1 Å². The molecule has 1 saturated heterocycles. The van der Waals surface area contributed by atoms with Crippen LogP contribution in [-0.4, -0.2) is 58.2 Å². The second kappa shape index (κ2) is 9.03. The van der Waals surface area contributed by atoms with E-state index in [0.717, 1.165) is 46.1 Å². The SMILES string of the molecule is Cc1cc2c(-c3cc(C#N)c(N4CCN(C(=O)CCO)C(C)C4)nc3C3CC3)cccc2cn1. The van der Waals surface area contributed by atoms with Gasteiger partial charge in [0.25, 0.3) is 0 Å². The number of carbonyl (C=O) groups is 1. The second-order valence-electron chi connectivity index (χ2n) is 9.39. The molecule has 1 aliphatic carbocycles. The maximum atomic E-state index is 12.3. The Balaban J connectivity index is 1.56. The molecule has 34 heavy (non-hydrogen) atoms. The zero-order valence-corrected chi connectivity index (χ0v) is 19.7. The van der Waals surface area contributed by atoms with Gasteiger partial charge in [-0.25, -0.2) is 4.98 Å². The lowest BCUT2D eigenvalue weighted by Crippen LogP contribution is -2.54. The molecule has 1 atom stereocenters. The van der Waals surface area contributed by atoms with E-state index in [2.05, 4.69) is 34.2 Å². The van der Waals surface area contributed by atoms with Crippen LogP contribution in [0.4, 0.5) is 5.82 Å². The first-order valence-electron chi connectivity index (χ1n) is 12.0. The maximum Gasteiger partial charge on any atom is 0.225 e. The van der Waals surface area contributed by atoms with Crippen molar-refractivity contribution >= 4 is 22.5 Å². The molecule has 5 rings (SSSR count). The van der Waals surface area contributed by atoms with Crippen LogP contribution in [0.5, 0.6) is 0 Å². The minimum absolute atomic E-state index is 0.0151. The van der Waals surface area contributed by atoms with Crippen LogP contribution >= 0.6 is 0 Å². The minimum Gasteiger partial charge on any atom is -0.396 e. The average molecular weight is 456 g/mol. The van der Waals surface area contributed by atoms with Crippen molar-refractivity contribution in [1.82, 2.24) is 14.9 Å². The number of pyridine rings is 2. The Morgan fingerprint density at radius 2 is 2.06 bits per heavy atom. The van der Waals surface area contributed by atoms with E-state index in [-0.39, 0.29) is 25.0 Å². The topological polar surface area (TPSA) is 93.4 Å². The number of nitrogens with zero attached hydrogens (tertiary/aromatic N) is 5. The normalized spacial score (nSPS) is 18.2. The van der Waals surface area contributed by atoms with Gasteiger partial charge in [0.15, 0.2) is 0 Å². The highest BCUT2D eigenvalue weighted by Gasteiger charge is 2.33. The molecule has 0 spiro atoms. The van der Waals surface area contributed by atoms with Crippen molar-refractivity contribution in [1.29, 1.82) is 5.26 Å². The van der Waals surface area contributed by atoms with Gasteiger partial charge in [0.05, 0.1) is 17.9 Å². The van der Waals surface area contributed by atoms with Crippen LogP contribution in [0.2, 0.25) is 0 Å². The van der Waals surface area contributed by atoms with Gasteiger partial charge in [-0.1, -0.05) is 18.2 Å². The lowest BCUT2D eigenvalue weighted by atomic mass is 9.94. The summed E-state index contributed by atoms with van der Waals surface area (Å²) in [5.41, 5.74) is 4.70. The van der Waals surface area contributed by atoms with Gasteiger partial charge in [-0.2, -0.15) is 5.26 Å². The Morgan fingerprint density at radius 1 is 1.24 bits per heavy atom. The molecule has 1 aliphatic heterocycles. The molecule has 2 fully saturated rings. The molecular weight excluding hydrogens is 426 g/mol. The standard InChI is InChI=1S/C27H29N5O2/c1-17-12-23-20(15-29-17)4-3-5-22(23)24-13-21(14-28)27(30-26(24)19-6-7-19)31-9-10-32(18(2)16-31)25(34)8-11-33/h3-5,12-13,15,18-19,33H,6-11,16H2,1-2H3. The first kappa shape index (κ1) is 22.3. The lowest BCUT2D eigenvalue weighted by Gasteiger charge is -2.41. The van der Waals surface area contributed by atoms with E-state index in [9.17, 15) is 10.1 Å². The molecule has 0 radical (unpaired) electrons. The summed E-state index contributed by atoms with van der Waals surface area (Å²) in [6.45, 7) is 5.65. The molecule has 1 aromatic carbocycles. The molecule has 3 aromatic rings. The molecule has 1 N–H and O–H groups in total. The number of amides is 1. The first-order valence-corrected chi connectivity index (χ1v) is 12.0. The number of carbonyl (C=O) groups excluding carboxylic acids is 1. The van der Waals surface area contributed by atoms with Crippen molar-refractivity contribution in [2.24, 2.45) is 0 Å². The average Bonchev–Trinajstić information content (AvgIpc) is 3.68. The van der Waals surface area contributed by atoms with Crippen molar-refractivity contribution in [3.8, 4) is 17.2 Å². The number of aliphatic hydroxyl groups is 1. The number of hydrogen-bond donors (Lipinski definition) is 1. The third-order valence-corrected chi connectivity index (χ3v) is 6.88. The van der Waals surface area contributed by atoms with Gasteiger partial charge in [0.2, 0.25) is 5.91 Å². The number of benzene rings is 1. The van der Waals surface area contributed by atoms with Crippen molar-refractivity contribution in [3.63, 3.8) is 0 Å². The number of nitriles is 1. The summed E-state index contributed by atoms with van der Waals surface area (Å²) in [5, 5.41) is 21.4. The Bertz CT molecular complexity index is 1290. The van der Waals surface area contributed by atoms with Crippen molar-refractivity contribution < 1.29 is 9.90 Å². The number of aryl methyl sites for hydroxylation is 1. The molecular formula is C27H29N5O2. The summed E-state index contributed by atoms with van der Waals surface area (Å²) in [4.78, 5) is 25.9. The molecule has 1 amide bonds. The molecule has 2 aromatic heterocycles. The fourth-order valence-electron chi connectivity index (χ4n) is 4.99. The van der Waals surface area contributed by atoms with Crippen molar-refractivity contribution in [2.45, 2.75) is 45.1 Å². The zero-order valence-electron chi connectivity index (χ0n) is 19.7. The highest BCUT2D eigenvalue weighted by molar-refractivity contribution is 5.97. The van der Waals surface area contributed by atoms with Gasteiger partial charge in [-0.05, 0) is 49.8 Å². The number of aliphatic hydroxyl groups excluding tert-OH is 1. The van der Waals surface area contributed by atoms with Crippen molar-refractivity contribution in [3.05, 3.63) is 53.5 Å². The monoisotopic (exact) mass is 455 g/mol. The summed E-state index contributed by atoms with van der Waals surface area (Å²) >= 11 is 0. The van der Waals surface area contributed by atoms with Crippen LogP contribution in [0.3, 0.4) is 0 Å². The highest BCUT2D eigenvalue weighted by atomic mass is 16.3. The van der Waals surface area contributed by atoms with Gasteiger partial charge in [-0.3, -0.25) is 9.78 Å². The lowest BCUT2D eigenvalue weighted by molar-refractivity contribution is -0.134. The third-order valence-electron chi connectivity index (χ3n) is 6.88. The first-order chi connectivity index (χ1) is 16.5. The number of fused-ring (bicyclic) bond motifs is 1. The molecule has 1 unspecified atom stereocenters. The summed E-state index contributed by atoms with van der Waals surface area (Å²) in [7, 11) is 0. The predicted octanol–water partition coefficient (Wildman–Crippen LogP) is 3.77. The fourth-order valence-corrected chi connectivity index (χ4v) is 4.99. The van der Waals surface area contributed by atoms with Gasteiger partial charge >= 0.3 is 0 Å². The molecule has 7 heteroatoms. The quantitative estimate of drug-likeness (QED) is 0.629. The van der Waals surface area contributed by atoms with E-state index in [1.165, 1.54) is 0 Å². The van der Waals surface area contributed by atoms with Gasteiger partial charge in [0, 0.05) is 60.9 Å². The zero-order chi connectivity index (χ0) is 23.8. The molecule has 174 valence electrons. The van der Waals surface area contributed by atoms with Gasteiger partial charge in [0.1, 0.15) is 11.9 Å². The number of rotatable bonds is 5. The smallest absolute Gasteiger partial charge is 0.225 e. The number of aromatic nitrogens is 2. The van der Waals surface area contributed by atoms with E-state index in [4.69, 9.17) is 10.1 Å². The molecule has 1 saturated carbocycles. The Morgan fingerprint density at radius 3 is 2.76 bits per heavy atom. The minimum atomic E-state index is -0.137. The maximum absolute atomic E-state index is 12.3. The summed E-state index contributed by atoms with van der Waals surface area (Å²) in [6, 6.07) is 12.7. The van der Waals surface area contributed by atoms with Crippen LogP contribution in [0.25, 0.3) is 21.9 Å². The summed E-state index contributed by atoms with van der Waals surface area (Å²) < 4.78 is 0. The molecule has 7 nitrogen and oxygen atoms in total. The molecule has 3 heterocycles. The van der Waals surface area contributed by atoms with E-state index in [1.807, 2.05) is 37.1 Å². The Labute approximate surface area is 199 Å². The second-order valence-corrected chi connectivity index (χ2v) is 9.39. The predicted molar refractivity (Wildman–Crippen MR) is 131 cm³/mol. The molecule has 2 aliphatic rings. The van der Waals surface area contributed by atoms with Crippen LogP contribution in [-0.2, 0) is 4.79 Å². The molecule has 0 bridgehead atoms. The third kappa shape index (κ3) is 4.10. The van der Waals surface area contributed by atoms with Crippen LogP contribution in [0.15, 0.2) is 36.5 Å². The Kier molecular flexibility index (Phi) is 5.93. The van der Waals surface area contributed by atoms with E-state index >= 15 is 0 Å². The largest absolute Gasteiger partial charge is 0.396 e. The van der Waals surface area contributed by atoms with Crippen molar-refractivity contribution in [2.75, 3.05) is 31.1 Å². The van der Waals surface area contributed by atoms with E-state index < -0.39 is 0 Å². The summed E-state index contributed by atoms with van der Waals surface area (Å²) in [5.74, 6) is 1.09. The van der Waals surface area contributed by atoms with Crippen LogP contribution in [0, 0.1) is 18.3 Å². The van der Waals surface area contributed by atoms with Gasteiger partial charge < -0.3 is 14.9 Å². The number of hydrogen-bond acceptors (Lipinski definition) is 6. The summed E-state index contributed by atoms with van der Waals surface area (Å²) in [6.07, 6.45) is 4.26.